The Bertz CT molecular complexity index is 706. The number of halogens is 2. The van der Waals surface area contributed by atoms with Gasteiger partial charge in [-0.2, -0.15) is 0 Å². The van der Waals surface area contributed by atoms with Gasteiger partial charge in [0.2, 0.25) is 0 Å². The predicted molar refractivity (Wildman–Crippen MR) is 99.6 cm³/mol. The van der Waals surface area contributed by atoms with E-state index in [1.165, 1.54) is 35.2 Å². The molecule has 0 unspecified atom stereocenters. The van der Waals surface area contributed by atoms with Crippen molar-refractivity contribution in [3.05, 3.63) is 57.0 Å². The average molecular weight is 402 g/mol. The van der Waals surface area contributed by atoms with E-state index >= 15 is 0 Å². The number of hydrogen-bond acceptors (Lipinski definition) is 5. The summed E-state index contributed by atoms with van der Waals surface area (Å²) >= 11 is 8.71. The van der Waals surface area contributed by atoms with Gasteiger partial charge in [0.05, 0.1) is 10.1 Å². The third-order valence-corrected chi connectivity index (χ3v) is 5.48. The first-order valence-corrected chi connectivity index (χ1v) is 9.86. The molecular formula is C17H17ClFNO3S2. The highest BCUT2D eigenvalue weighted by Crippen LogP contribution is 2.25. The summed E-state index contributed by atoms with van der Waals surface area (Å²) in [6.45, 7) is 0.101. The van der Waals surface area contributed by atoms with Crippen molar-refractivity contribution in [2.24, 2.45) is 0 Å². The molecule has 25 heavy (non-hydrogen) atoms. The maximum absolute atomic E-state index is 12.8. The molecule has 134 valence electrons. The fraction of sp³-hybridized carbons (Fsp3) is 0.294. The fourth-order valence-electron chi connectivity index (χ4n) is 1.90. The summed E-state index contributed by atoms with van der Waals surface area (Å²) in [4.78, 5) is 24.3. The predicted octanol–water partition coefficient (Wildman–Crippen LogP) is 3.68. The van der Waals surface area contributed by atoms with Crippen molar-refractivity contribution in [3.8, 4) is 0 Å². The number of amides is 1. The van der Waals surface area contributed by atoms with E-state index in [4.69, 9.17) is 16.3 Å². The molecule has 1 aromatic carbocycles. The van der Waals surface area contributed by atoms with Crippen LogP contribution < -0.4 is 5.32 Å². The van der Waals surface area contributed by atoms with Gasteiger partial charge in [-0.3, -0.25) is 9.59 Å². The number of esters is 1. The zero-order valence-electron chi connectivity index (χ0n) is 13.3. The Morgan fingerprint density at radius 3 is 2.64 bits per heavy atom. The molecule has 0 saturated heterocycles. The summed E-state index contributed by atoms with van der Waals surface area (Å²) in [5.41, 5.74) is 0.920. The Morgan fingerprint density at radius 1 is 1.20 bits per heavy atom. The lowest BCUT2D eigenvalue weighted by Gasteiger charge is -2.06. The Labute approximate surface area is 158 Å². The summed E-state index contributed by atoms with van der Waals surface area (Å²) in [5.74, 6) is -0.221. The molecule has 0 atom stereocenters. The van der Waals surface area contributed by atoms with E-state index in [1.54, 1.807) is 12.1 Å². The highest BCUT2D eigenvalue weighted by atomic mass is 35.5. The molecular weight excluding hydrogens is 385 g/mol. The lowest BCUT2D eigenvalue weighted by atomic mass is 10.1. The second-order valence-corrected chi connectivity index (χ2v) is 7.87. The molecule has 1 heterocycles. The first kappa shape index (κ1) is 19.8. The van der Waals surface area contributed by atoms with E-state index in [0.29, 0.717) is 18.7 Å². The van der Waals surface area contributed by atoms with Crippen LogP contribution in [0.5, 0.6) is 0 Å². The summed E-state index contributed by atoms with van der Waals surface area (Å²) in [7, 11) is 0. The van der Waals surface area contributed by atoms with Gasteiger partial charge >= 0.3 is 5.97 Å². The van der Waals surface area contributed by atoms with Gasteiger partial charge in [-0.25, -0.2) is 4.39 Å². The highest BCUT2D eigenvalue weighted by Gasteiger charge is 2.08. The highest BCUT2D eigenvalue weighted by molar-refractivity contribution is 7.99. The van der Waals surface area contributed by atoms with Gasteiger partial charge in [0.15, 0.2) is 6.61 Å². The van der Waals surface area contributed by atoms with Crippen LogP contribution in [0.1, 0.15) is 10.4 Å². The Kier molecular flexibility index (Phi) is 8.24. The lowest BCUT2D eigenvalue weighted by Crippen LogP contribution is -2.30. The number of nitrogens with one attached hydrogen (secondary N) is 1. The van der Waals surface area contributed by atoms with Crippen molar-refractivity contribution < 1.29 is 18.7 Å². The number of rotatable bonds is 9. The molecule has 0 aliphatic carbocycles. The van der Waals surface area contributed by atoms with Crippen LogP contribution in [0, 0.1) is 5.82 Å². The van der Waals surface area contributed by atoms with Crippen LogP contribution in [0.25, 0.3) is 0 Å². The molecule has 1 aromatic heterocycles. The van der Waals surface area contributed by atoms with Gasteiger partial charge in [0, 0.05) is 17.2 Å². The topological polar surface area (TPSA) is 55.4 Å². The van der Waals surface area contributed by atoms with Gasteiger partial charge in [-0.1, -0.05) is 23.7 Å². The van der Waals surface area contributed by atoms with Crippen molar-refractivity contribution in [2.75, 3.05) is 18.9 Å². The maximum atomic E-state index is 12.8. The maximum Gasteiger partial charge on any atom is 0.316 e. The monoisotopic (exact) mass is 401 g/mol. The van der Waals surface area contributed by atoms with E-state index in [1.807, 2.05) is 12.1 Å². The summed E-state index contributed by atoms with van der Waals surface area (Å²) in [5, 5.41) is 2.66. The van der Waals surface area contributed by atoms with Crippen LogP contribution in [-0.2, 0) is 26.5 Å². The van der Waals surface area contributed by atoms with E-state index < -0.39 is 5.97 Å². The molecule has 0 aliphatic rings. The molecule has 2 rings (SSSR count). The third kappa shape index (κ3) is 7.90. The zero-order chi connectivity index (χ0) is 18.1. The van der Waals surface area contributed by atoms with Crippen molar-refractivity contribution in [1.29, 1.82) is 0 Å². The Hall–Kier alpha value is -1.57. The molecule has 0 fully saturated rings. The minimum absolute atomic E-state index is 0.179. The Morgan fingerprint density at radius 2 is 1.96 bits per heavy atom. The van der Waals surface area contributed by atoms with E-state index in [0.717, 1.165) is 14.8 Å². The minimum Gasteiger partial charge on any atom is -0.455 e. The van der Waals surface area contributed by atoms with Crippen molar-refractivity contribution >= 4 is 46.6 Å². The quantitative estimate of drug-likeness (QED) is 0.651. The molecule has 0 saturated carbocycles. The molecule has 4 nitrogen and oxygen atoms in total. The van der Waals surface area contributed by atoms with Crippen molar-refractivity contribution in [2.45, 2.75) is 12.2 Å². The first-order valence-electron chi connectivity index (χ1n) is 7.51. The fourth-order valence-corrected chi connectivity index (χ4v) is 3.92. The number of thioether (sulfide) groups is 1. The number of hydrogen-bond donors (Lipinski definition) is 1. The normalized spacial score (nSPS) is 10.5. The second-order valence-electron chi connectivity index (χ2n) is 5.09. The molecule has 0 aliphatic heterocycles. The molecule has 0 bridgehead atoms. The van der Waals surface area contributed by atoms with Crippen molar-refractivity contribution in [3.63, 3.8) is 0 Å². The lowest BCUT2D eigenvalue weighted by molar-refractivity contribution is -0.145. The zero-order valence-corrected chi connectivity index (χ0v) is 15.7. The van der Waals surface area contributed by atoms with Crippen LogP contribution >= 0.6 is 34.7 Å². The molecule has 8 heteroatoms. The standard InChI is InChI=1S/C17H17ClFNO3S2/c18-15-6-5-14(25-15)10-24-11-17(22)23-9-16(21)20-8-7-12-1-3-13(19)4-2-12/h1-6H,7-11H2,(H,20,21). The Balaban J connectivity index is 1.54. The molecule has 2 aromatic rings. The molecule has 0 radical (unpaired) electrons. The van der Waals surface area contributed by atoms with Gasteiger partial charge in [-0.15, -0.1) is 23.1 Å². The number of carbonyl (C=O) groups excluding carboxylic acids is 2. The number of benzene rings is 1. The summed E-state index contributed by atoms with van der Waals surface area (Å²) < 4.78 is 18.4. The minimum atomic E-state index is -0.429. The van der Waals surface area contributed by atoms with Gasteiger partial charge in [-0.05, 0) is 36.2 Å². The summed E-state index contributed by atoms with van der Waals surface area (Å²) in [6.07, 6.45) is 0.583. The molecule has 1 N–H and O–H groups in total. The number of thiophene rings is 1. The average Bonchev–Trinajstić information content (AvgIpc) is 3.00. The van der Waals surface area contributed by atoms with Crippen LogP contribution in [-0.4, -0.2) is 30.8 Å². The van der Waals surface area contributed by atoms with Crippen LogP contribution in [0.4, 0.5) is 4.39 Å². The largest absolute Gasteiger partial charge is 0.455 e. The summed E-state index contributed by atoms with van der Waals surface area (Å²) in [6, 6.07) is 9.82. The third-order valence-electron chi connectivity index (χ3n) is 3.11. The van der Waals surface area contributed by atoms with Crippen LogP contribution in [0.15, 0.2) is 36.4 Å². The SMILES string of the molecule is O=C(COC(=O)CSCc1ccc(Cl)s1)NCCc1ccc(F)cc1. The van der Waals surface area contributed by atoms with Gasteiger partial charge in [0.25, 0.3) is 5.91 Å². The molecule has 0 spiro atoms. The van der Waals surface area contributed by atoms with E-state index in [-0.39, 0.29) is 24.1 Å². The van der Waals surface area contributed by atoms with E-state index in [2.05, 4.69) is 5.32 Å². The number of ether oxygens (including phenoxy) is 1. The number of carbonyl (C=O) groups is 2. The van der Waals surface area contributed by atoms with Gasteiger partial charge < -0.3 is 10.1 Å². The smallest absolute Gasteiger partial charge is 0.316 e. The van der Waals surface area contributed by atoms with Gasteiger partial charge in [0.1, 0.15) is 5.82 Å². The van der Waals surface area contributed by atoms with Crippen LogP contribution in [0.3, 0.4) is 0 Å². The van der Waals surface area contributed by atoms with Crippen LogP contribution in [0.2, 0.25) is 4.34 Å². The first-order chi connectivity index (χ1) is 12.0. The van der Waals surface area contributed by atoms with Crippen molar-refractivity contribution in [1.82, 2.24) is 5.32 Å². The second kappa shape index (κ2) is 10.4. The van der Waals surface area contributed by atoms with E-state index in [9.17, 15) is 14.0 Å². The molecule has 1 amide bonds.